The van der Waals surface area contributed by atoms with Crippen LogP contribution in [0.4, 0.5) is 0 Å². The molecule has 1 aromatic rings. The number of rotatable bonds is 3. The molecular formula is C19H27NO2. The number of ether oxygens (including phenoxy) is 1. The monoisotopic (exact) mass is 301 g/mol. The second-order valence-electron chi connectivity index (χ2n) is 7.47. The lowest BCUT2D eigenvalue weighted by molar-refractivity contribution is -0.127. The third kappa shape index (κ3) is 2.67. The van der Waals surface area contributed by atoms with Gasteiger partial charge in [0.1, 0.15) is 11.5 Å². The number of hydrogen-bond donors (Lipinski definition) is 0. The van der Waals surface area contributed by atoms with E-state index < -0.39 is 0 Å². The quantitative estimate of drug-likeness (QED) is 0.857. The van der Waals surface area contributed by atoms with Crippen LogP contribution in [-0.2, 0) is 10.2 Å². The fraction of sp³-hybridized carbons (Fsp3) is 0.632. The maximum atomic E-state index is 12.4. The topological polar surface area (TPSA) is 29.5 Å². The van der Waals surface area contributed by atoms with Gasteiger partial charge in [-0.3, -0.25) is 4.79 Å². The molecule has 0 spiro atoms. The summed E-state index contributed by atoms with van der Waals surface area (Å²) in [5.41, 5.74) is 1.27. The molecule has 0 radical (unpaired) electrons. The smallest absolute Gasteiger partial charge is 0.135 e. The van der Waals surface area contributed by atoms with E-state index in [2.05, 4.69) is 37.1 Å². The van der Waals surface area contributed by atoms with Gasteiger partial charge in [0.15, 0.2) is 0 Å². The molecule has 1 aliphatic carbocycles. The summed E-state index contributed by atoms with van der Waals surface area (Å²) in [6.45, 7) is 7.45. The highest BCUT2D eigenvalue weighted by molar-refractivity contribution is 5.82. The highest BCUT2D eigenvalue weighted by Gasteiger charge is 2.49. The number of benzene rings is 1. The average molecular weight is 301 g/mol. The summed E-state index contributed by atoms with van der Waals surface area (Å²) in [6.07, 6.45) is 2.65. The predicted molar refractivity (Wildman–Crippen MR) is 88.3 cm³/mol. The van der Waals surface area contributed by atoms with E-state index in [9.17, 15) is 4.79 Å². The average Bonchev–Trinajstić information content (AvgIpc) is 2.44. The van der Waals surface area contributed by atoms with Crippen LogP contribution in [0.25, 0.3) is 0 Å². The van der Waals surface area contributed by atoms with Gasteiger partial charge in [0.25, 0.3) is 0 Å². The second kappa shape index (κ2) is 5.69. The van der Waals surface area contributed by atoms with Crippen LogP contribution >= 0.6 is 0 Å². The van der Waals surface area contributed by atoms with Crippen LogP contribution in [0.2, 0.25) is 0 Å². The summed E-state index contributed by atoms with van der Waals surface area (Å²) in [6, 6.07) is 8.83. The van der Waals surface area contributed by atoms with Crippen molar-refractivity contribution in [2.24, 2.45) is 5.92 Å². The number of fused-ring (bicyclic) bond motifs is 2. The van der Waals surface area contributed by atoms with E-state index in [1.54, 1.807) is 0 Å². The number of ketones is 1. The third-order valence-corrected chi connectivity index (χ3v) is 5.49. The Morgan fingerprint density at radius 3 is 2.86 bits per heavy atom. The summed E-state index contributed by atoms with van der Waals surface area (Å²) in [4.78, 5) is 14.7. The van der Waals surface area contributed by atoms with Crippen LogP contribution in [0.3, 0.4) is 0 Å². The molecule has 0 N–H and O–H groups in total. The molecule has 3 rings (SSSR count). The Balaban J connectivity index is 1.98. The van der Waals surface area contributed by atoms with Crippen molar-refractivity contribution in [1.82, 2.24) is 4.90 Å². The van der Waals surface area contributed by atoms with Gasteiger partial charge in [0, 0.05) is 30.8 Å². The molecule has 3 atom stereocenters. The van der Waals surface area contributed by atoms with E-state index in [0.29, 0.717) is 30.6 Å². The normalized spacial score (nSPS) is 32.3. The Morgan fingerprint density at radius 2 is 2.14 bits per heavy atom. The molecule has 0 aromatic heterocycles. The van der Waals surface area contributed by atoms with Gasteiger partial charge in [0.05, 0.1) is 6.10 Å². The van der Waals surface area contributed by atoms with Gasteiger partial charge >= 0.3 is 0 Å². The molecule has 1 saturated heterocycles. The first kappa shape index (κ1) is 15.5. The highest BCUT2D eigenvalue weighted by Crippen LogP contribution is 2.49. The van der Waals surface area contributed by atoms with Gasteiger partial charge in [0.2, 0.25) is 0 Å². The molecular weight excluding hydrogens is 274 g/mol. The molecule has 22 heavy (non-hydrogen) atoms. The molecule has 2 fully saturated rings. The fourth-order valence-electron chi connectivity index (χ4n) is 4.35. The SMILES string of the molecule is CC(C)Oc1cccc([C@]23CC(=O)C[C@@H](C2)N(C)C[C@H]3C)c1. The molecule has 120 valence electrons. The van der Waals surface area contributed by atoms with Crippen LogP contribution in [-0.4, -0.2) is 36.4 Å². The zero-order chi connectivity index (χ0) is 15.9. The number of Topliss-reactive ketones (excluding diaryl/α,β-unsaturated/α-hetero) is 1. The lowest BCUT2D eigenvalue weighted by Gasteiger charge is -2.53. The van der Waals surface area contributed by atoms with Crippen molar-refractivity contribution in [2.45, 2.75) is 57.6 Å². The first-order valence-corrected chi connectivity index (χ1v) is 8.40. The number of likely N-dealkylation sites (tertiary alicyclic amines) is 1. The molecule has 1 aliphatic heterocycles. The van der Waals surface area contributed by atoms with Crippen LogP contribution in [0.1, 0.15) is 45.6 Å². The summed E-state index contributed by atoms with van der Waals surface area (Å²) in [7, 11) is 2.15. The second-order valence-corrected chi connectivity index (χ2v) is 7.47. The summed E-state index contributed by atoms with van der Waals surface area (Å²) in [5.74, 6) is 1.81. The van der Waals surface area contributed by atoms with Gasteiger partial charge < -0.3 is 9.64 Å². The number of nitrogens with zero attached hydrogens (tertiary/aromatic N) is 1. The highest BCUT2D eigenvalue weighted by atomic mass is 16.5. The molecule has 3 heteroatoms. The minimum atomic E-state index is -0.0111. The van der Waals surface area contributed by atoms with Crippen molar-refractivity contribution in [3.05, 3.63) is 29.8 Å². The van der Waals surface area contributed by atoms with Gasteiger partial charge in [-0.25, -0.2) is 0 Å². The van der Waals surface area contributed by atoms with E-state index in [4.69, 9.17) is 4.74 Å². The van der Waals surface area contributed by atoms with Crippen molar-refractivity contribution in [3.63, 3.8) is 0 Å². The van der Waals surface area contributed by atoms with E-state index in [1.165, 1.54) is 5.56 Å². The van der Waals surface area contributed by atoms with Crippen LogP contribution in [0.15, 0.2) is 24.3 Å². The van der Waals surface area contributed by atoms with Crippen molar-refractivity contribution in [3.8, 4) is 5.75 Å². The van der Waals surface area contributed by atoms with E-state index in [1.807, 2.05) is 19.9 Å². The Labute approximate surface area is 133 Å². The molecule has 1 saturated carbocycles. The van der Waals surface area contributed by atoms with Gasteiger partial charge in [-0.1, -0.05) is 19.1 Å². The maximum Gasteiger partial charge on any atom is 0.135 e. The largest absolute Gasteiger partial charge is 0.491 e. The van der Waals surface area contributed by atoms with E-state index >= 15 is 0 Å². The maximum absolute atomic E-state index is 12.4. The predicted octanol–water partition coefficient (Wildman–Crippen LogP) is 3.41. The molecule has 0 amide bonds. The summed E-state index contributed by atoms with van der Waals surface area (Å²) in [5, 5.41) is 0. The molecule has 1 aromatic carbocycles. The van der Waals surface area contributed by atoms with Crippen molar-refractivity contribution < 1.29 is 9.53 Å². The molecule has 3 nitrogen and oxygen atoms in total. The Kier molecular flexibility index (Phi) is 4.02. The lowest BCUT2D eigenvalue weighted by atomic mass is 9.58. The number of hydrogen-bond acceptors (Lipinski definition) is 3. The fourth-order valence-corrected chi connectivity index (χ4v) is 4.35. The molecule has 2 aliphatic rings. The number of carbonyl (C=O) groups is 1. The number of carbonyl (C=O) groups excluding carboxylic acids is 1. The molecule has 2 bridgehead atoms. The van der Waals surface area contributed by atoms with E-state index in [0.717, 1.165) is 18.7 Å². The first-order chi connectivity index (χ1) is 10.4. The standard InChI is InChI=1S/C19H27NO2/c1-13(2)22-18-7-5-6-15(8-18)19-10-16(9-17(21)11-19)20(4)12-14(19)3/h5-8,13-14,16H,9-12H2,1-4H3/t14-,16+,19+/m1/s1. The molecule has 0 unspecified atom stereocenters. The zero-order valence-corrected chi connectivity index (χ0v) is 14.1. The summed E-state index contributed by atoms with van der Waals surface area (Å²) < 4.78 is 5.87. The van der Waals surface area contributed by atoms with Gasteiger partial charge in [-0.15, -0.1) is 0 Å². The van der Waals surface area contributed by atoms with Gasteiger partial charge in [-0.05, 0) is 50.9 Å². The Hall–Kier alpha value is -1.35. The van der Waals surface area contributed by atoms with E-state index in [-0.39, 0.29) is 11.5 Å². The zero-order valence-electron chi connectivity index (χ0n) is 14.1. The lowest BCUT2D eigenvalue weighted by Crippen LogP contribution is -2.57. The molecule has 1 heterocycles. The first-order valence-electron chi connectivity index (χ1n) is 8.40. The minimum absolute atomic E-state index is 0.0111. The van der Waals surface area contributed by atoms with Crippen molar-refractivity contribution >= 4 is 5.78 Å². The third-order valence-electron chi connectivity index (χ3n) is 5.49. The van der Waals surface area contributed by atoms with Gasteiger partial charge in [-0.2, -0.15) is 0 Å². The van der Waals surface area contributed by atoms with Crippen molar-refractivity contribution in [2.75, 3.05) is 13.6 Å². The van der Waals surface area contributed by atoms with Crippen molar-refractivity contribution in [1.29, 1.82) is 0 Å². The van der Waals surface area contributed by atoms with Crippen LogP contribution in [0.5, 0.6) is 5.75 Å². The Bertz CT molecular complexity index is 568. The summed E-state index contributed by atoms with van der Waals surface area (Å²) >= 11 is 0. The minimum Gasteiger partial charge on any atom is -0.491 e. The number of piperidine rings is 1. The Morgan fingerprint density at radius 1 is 1.36 bits per heavy atom. The van der Waals surface area contributed by atoms with Crippen LogP contribution in [0, 0.1) is 5.92 Å². The van der Waals surface area contributed by atoms with Crippen LogP contribution < -0.4 is 4.74 Å².